The van der Waals surface area contributed by atoms with E-state index in [1.165, 1.54) is 24.0 Å². The maximum atomic E-state index is 6.39. The summed E-state index contributed by atoms with van der Waals surface area (Å²) in [4.78, 5) is 10.7. The van der Waals surface area contributed by atoms with Crippen molar-refractivity contribution in [2.75, 3.05) is 13.1 Å². The van der Waals surface area contributed by atoms with Crippen molar-refractivity contribution < 1.29 is 4.74 Å². The van der Waals surface area contributed by atoms with Crippen LogP contribution in [0.15, 0.2) is 49.1 Å². The minimum Gasteiger partial charge on any atom is -0.367 e. The topological polar surface area (TPSA) is 38.2 Å². The first-order valence-electron chi connectivity index (χ1n) is 8.05. The molecule has 1 aliphatic carbocycles. The molecule has 0 unspecified atom stereocenters. The molecule has 1 aromatic heterocycles. The zero-order valence-electron chi connectivity index (χ0n) is 12.6. The smallest absolute Gasteiger partial charge is 0.115 e. The highest BCUT2D eigenvalue weighted by Crippen LogP contribution is 2.39. The number of rotatable bonds is 4. The summed E-state index contributed by atoms with van der Waals surface area (Å²) in [6.07, 6.45) is 8.57. The molecule has 4 rings (SSSR count). The normalized spacial score (nSPS) is 26.0. The maximum Gasteiger partial charge on any atom is 0.115 e. The molecule has 1 saturated heterocycles. The van der Waals surface area contributed by atoms with Crippen molar-refractivity contribution in [2.45, 2.75) is 31.6 Å². The molecule has 2 heterocycles. The summed E-state index contributed by atoms with van der Waals surface area (Å²) in [5, 5.41) is 0. The van der Waals surface area contributed by atoms with Gasteiger partial charge in [0, 0.05) is 37.6 Å². The zero-order chi connectivity index (χ0) is 14.8. The van der Waals surface area contributed by atoms with Crippen molar-refractivity contribution >= 4 is 0 Å². The van der Waals surface area contributed by atoms with E-state index >= 15 is 0 Å². The van der Waals surface area contributed by atoms with Crippen LogP contribution in [0.2, 0.25) is 0 Å². The lowest BCUT2D eigenvalue weighted by molar-refractivity contribution is -0.0986. The van der Waals surface area contributed by atoms with Gasteiger partial charge in [-0.25, -0.2) is 9.97 Å². The van der Waals surface area contributed by atoms with Crippen LogP contribution in [0.5, 0.6) is 0 Å². The van der Waals surface area contributed by atoms with E-state index in [0.29, 0.717) is 6.10 Å². The maximum absolute atomic E-state index is 6.39. The zero-order valence-corrected chi connectivity index (χ0v) is 12.6. The van der Waals surface area contributed by atoms with Gasteiger partial charge in [-0.3, -0.25) is 4.90 Å². The molecule has 2 atom stereocenters. The van der Waals surface area contributed by atoms with Crippen LogP contribution in [-0.2, 0) is 11.3 Å². The Kier molecular flexibility index (Phi) is 3.87. The molecular weight excluding hydrogens is 274 g/mol. The third kappa shape index (κ3) is 3.18. The van der Waals surface area contributed by atoms with E-state index in [1.54, 1.807) is 6.33 Å². The molecule has 2 fully saturated rings. The fraction of sp³-hybridized carbons (Fsp3) is 0.444. The molecule has 0 bridgehead atoms. The van der Waals surface area contributed by atoms with Gasteiger partial charge in [0.2, 0.25) is 0 Å². The molecule has 114 valence electrons. The SMILES string of the molecule is c1ccc([C@@H]2CN(Cc3cncnc3)C[C@H](C3CC3)O2)cc1. The third-order valence-electron chi connectivity index (χ3n) is 4.54. The second-order valence-corrected chi connectivity index (χ2v) is 6.35. The lowest BCUT2D eigenvalue weighted by atomic mass is 10.0. The Bertz CT molecular complexity index is 600. The van der Waals surface area contributed by atoms with Gasteiger partial charge in [-0.05, 0) is 24.3 Å². The van der Waals surface area contributed by atoms with Crippen LogP contribution in [0.4, 0.5) is 0 Å². The van der Waals surface area contributed by atoms with Crippen molar-refractivity contribution in [1.29, 1.82) is 0 Å². The van der Waals surface area contributed by atoms with Gasteiger partial charge in [-0.2, -0.15) is 0 Å². The first-order chi connectivity index (χ1) is 10.9. The molecule has 1 aliphatic heterocycles. The summed E-state index contributed by atoms with van der Waals surface area (Å²) >= 11 is 0. The second-order valence-electron chi connectivity index (χ2n) is 6.35. The molecule has 2 aliphatic rings. The minimum absolute atomic E-state index is 0.171. The van der Waals surface area contributed by atoms with Crippen molar-refractivity contribution in [3.05, 3.63) is 60.2 Å². The second kappa shape index (κ2) is 6.15. The number of hydrogen-bond acceptors (Lipinski definition) is 4. The summed E-state index contributed by atoms with van der Waals surface area (Å²) in [5.41, 5.74) is 2.45. The van der Waals surface area contributed by atoms with Crippen LogP contribution >= 0.6 is 0 Å². The van der Waals surface area contributed by atoms with Crippen LogP contribution in [-0.4, -0.2) is 34.1 Å². The molecular formula is C18H21N3O. The van der Waals surface area contributed by atoms with Crippen molar-refractivity contribution in [1.82, 2.24) is 14.9 Å². The number of morpholine rings is 1. The predicted molar refractivity (Wildman–Crippen MR) is 84.1 cm³/mol. The Morgan fingerprint density at radius 1 is 1.05 bits per heavy atom. The summed E-state index contributed by atoms with van der Waals surface area (Å²) in [5.74, 6) is 0.751. The molecule has 4 heteroatoms. The summed E-state index contributed by atoms with van der Waals surface area (Å²) in [7, 11) is 0. The molecule has 0 amide bonds. The van der Waals surface area contributed by atoms with E-state index in [4.69, 9.17) is 4.74 Å². The number of benzene rings is 1. The Morgan fingerprint density at radius 3 is 2.55 bits per heavy atom. The van der Waals surface area contributed by atoms with Crippen LogP contribution < -0.4 is 0 Å². The monoisotopic (exact) mass is 295 g/mol. The van der Waals surface area contributed by atoms with Crippen LogP contribution in [0.25, 0.3) is 0 Å². The highest BCUT2D eigenvalue weighted by atomic mass is 16.5. The van der Waals surface area contributed by atoms with Gasteiger partial charge in [-0.1, -0.05) is 30.3 Å². The Labute approximate surface area is 131 Å². The summed E-state index contributed by atoms with van der Waals surface area (Å²) in [6, 6.07) is 10.6. The van der Waals surface area contributed by atoms with Crippen molar-refractivity contribution in [3.63, 3.8) is 0 Å². The highest BCUT2D eigenvalue weighted by Gasteiger charge is 2.38. The lowest BCUT2D eigenvalue weighted by Crippen LogP contribution is -2.44. The molecule has 0 spiro atoms. The molecule has 0 radical (unpaired) electrons. The number of aromatic nitrogens is 2. The first-order valence-corrected chi connectivity index (χ1v) is 8.05. The van der Waals surface area contributed by atoms with Crippen LogP contribution in [0, 0.1) is 5.92 Å². The van der Waals surface area contributed by atoms with Gasteiger partial charge in [0.1, 0.15) is 6.33 Å². The quantitative estimate of drug-likeness (QED) is 0.869. The standard InChI is InChI=1S/C18H21N3O/c1-2-4-15(5-3-1)17-11-21(10-14-8-19-13-20-9-14)12-18(22-17)16-6-7-16/h1-5,8-9,13,16-18H,6-7,10-12H2/t17-,18+/m0/s1. The molecule has 1 saturated carbocycles. The van der Waals surface area contributed by atoms with Gasteiger partial charge < -0.3 is 4.74 Å². The number of hydrogen-bond donors (Lipinski definition) is 0. The van der Waals surface area contributed by atoms with E-state index in [1.807, 2.05) is 12.4 Å². The molecule has 1 aromatic carbocycles. The highest BCUT2D eigenvalue weighted by molar-refractivity contribution is 5.19. The largest absolute Gasteiger partial charge is 0.367 e. The summed E-state index contributed by atoms with van der Waals surface area (Å²) < 4.78 is 6.39. The molecule has 22 heavy (non-hydrogen) atoms. The van der Waals surface area contributed by atoms with Gasteiger partial charge in [0.25, 0.3) is 0 Å². The van der Waals surface area contributed by atoms with E-state index < -0.39 is 0 Å². The number of ether oxygens (including phenoxy) is 1. The van der Waals surface area contributed by atoms with Crippen molar-refractivity contribution in [2.24, 2.45) is 5.92 Å². The van der Waals surface area contributed by atoms with Gasteiger partial charge in [-0.15, -0.1) is 0 Å². The van der Waals surface area contributed by atoms with E-state index in [2.05, 4.69) is 45.2 Å². The van der Waals surface area contributed by atoms with Crippen LogP contribution in [0.3, 0.4) is 0 Å². The van der Waals surface area contributed by atoms with Gasteiger partial charge in [0.15, 0.2) is 0 Å². The van der Waals surface area contributed by atoms with E-state index in [9.17, 15) is 0 Å². The lowest BCUT2D eigenvalue weighted by Gasteiger charge is -2.38. The van der Waals surface area contributed by atoms with E-state index in [0.717, 1.165) is 25.6 Å². The average Bonchev–Trinajstić information content (AvgIpc) is 3.41. The fourth-order valence-corrected chi connectivity index (χ4v) is 3.24. The fourth-order valence-electron chi connectivity index (χ4n) is 3.24. The Hall–Kier alpha value is -1.78. The van der Waals surface area contributed by atoms with Gasteiger partial charge in [0.05, 0.1) is 12.2 Å². The molecule has 0 N–H and O–H groups in total. The van der Waals surface area contributed by atoms with Crippen LogP contribution in [0.1, 0.15) is 30.1 Å². The first kappa shape index (κ1) is 13.9. The van der Waals surface area contributed by atoms with E-state index in [-0.39, 0.29) is 6.10 Å². The summed E-state index contributed by atoms with van der Waals surface area (Å²) in [6.45, 7) is 2.85. The van der Waals surface area contributed by atoms with Crippen molar-refractivity contribution in [3.8, 4) is 0 Å². The molecule has 2 aromatic rings. The predicted octanol–water partition coefficient (Wildman–Crippen LogP) is 2.83. The Morgan fingerprint density at radius 2 is 1.82 bits per heavy atom. The number of nitrogens with zero attached hydrogens (tertiary/aromatic N) is 3. The Balaban J connectivity index is 1.51. The minimum atomic E-state index is 0.171. The third-order valence-corrected chi connectivity index (χ3v) is 4.54. The average molecular weight is 295 g/mol. The molecule has 4 nitrogen and oxygen atoms in total. The van der Waals surface area contributed by atoms with Gasteiger partial charge >= 0.3 is 0 Å².